The zero-order chi connectivity index (χ0) is 15.1. The second-order valence-electron chi connectivity index (χ2n) is 4.29. The molecular weight excluding hydrogens is 267 g/mol. The van der Waals surface area contributed by atoms with Crippen molar-refractivity contribution >= 4 is 11.6 Å². The molecular formula is C13H17FN2O4. The number of unbranched alkanes of at least 4 members (excludes halogenated alkanes) is 1. The van der Waals surface area contributed by atoms with Crippen LogP contribution in [0.4, 0.5) is 10.1 Å². The minimum atomic E-state index is -0.806. The highest BCUT2D eigenvalue weighted by Gasteiger charge is 2.21. The molecule has 0 fully saturated rings. The van der Waals surface area contributed by atoms with Gasteiger partial charge in [-0.15, -0.1) is 0 Å². The summed E-state index contributed by atoms with van der Waals surface area (Å²) in [6.45, 7) is 2.14. The molecule has 0 aliphatic rings. The summed E-state index contributed by atoms with van der Waals surface area (Å²) in [4.78, 5) is 23.5. The quantitative estimate of drug-likeness (QED) is 0.613. The summed E-state index contributed by atoms with van der Waals surface area (Å²) in [5.41, 5.74) is -0.682. The van der Waals surface area contributed by atoms with Gasteiger partial charge in [0, 0.05) is 25.2 Å². The van der Waals surface area contributed by atoms with Crippen LogP contribution in [0, 0.1) is 15.9 Å². The number of carbonyl (C=O) groups is 1. The fourth-order valence-corrected chi connectivity index (χ4v) is 1.75. The van der Waals surface area contributed by atoms with E-state index in [1.807, 2.05) is 6.92 Å². The van der Waals surface area contributed by atoms with E-state index in [4.69, 9.17) is 5.11 Å². The molecule has 6 nitrogen and oxygen atoms in total. The first-order chi connectivity index (χ1) is 9.51. The lowest BCUT2D eigenvalue weighted by atomic mass is 10.1. The second kappa shape index (κ2) is 7.54. The van der Waals surface area contributed by atoms with Crippen molar-refractivity contribution < 1.29 is 19.2 Å². The topological polar surface area (TPSA) is 83.7 Å². The van der Waals surface area contributed by atoms with Gasteiger partial charge in [-0.05, 0) is 12.5 Å². The number of carbonyl (C=O) groups excluding carboxylic acids is 1. The Hall–Kier alpha value is -2.02. The summed E-state index contributed by atoms with van der Waals surface area (Å²) in [7, 11) is 0. The standard InChI is InChI=1S/C13H17FN2O4/c1-2-3-6-15(7-8-17)13(18)11-9-10(16(19)20)4-5-12(11)14/h4-5,9,17H,2-3,6-8H2,1H3. The third-order valence-corrected chi connectivity index (χ3v) is 2.83. The van der Waals surface area contributed by atoms with Gasteiger partial charge in [-0.1, -0.05) is 13.3 Å². The molecule has 0 aromatic heterocycles. The largest absolute Gasteiger partial charge is 0.395 e. The van der Waals surface area contributed by atoms with E-state index in [0.717, 1.165) is 24.6 Å². The highest BCUT2D eigenvalue weighted by molar-refractivity contribution is 5.95. The molecule has 0 bridgehead atoms. The Balaban J connectivity index is 3.03. The number of aliphatic hydroxyl groups is 1. The number of nitro benzene ring substituents is 1. The molecule has 1 amide bonds. The predicted molar refractivity (Wildman–Crippen MR) is 71.0 cm³/mol. The molecule has 1 N–H and O–H groups in total. The molecule has 1 rings (SSSR count). The maximum Gasteiger partial charge on any atom is 0.270 e. The number of benzene rings is 1. The van der Waals surface area contributed by atoms with Crippen LogP contribution in [-0.4, -0.2) is 40.5 Å². The van der Waals surface area contributed by atoms with E-state index in [-0.39, 0.29) is 24.4 Å². The highest BCUT2D eigenvalue weighted by atomic mass is 19.1. The number of amides is 1. The molecule has 1 aromatic carbocycles. The number of aliphatic hydroxyl groups excluding tert-OH is 1. The van der Waals surface area contributed by atoms with Gasteiger partial charge < -0.3 is 10.0 Å². The number of halogens is 1. The maximum absolute atomic E-state index is 13.7. The van der Waals surface area contributed by atoms with Gasteiger partial charge in [0.1, 0.15) is 5.82 Å². The molecule has 1 aromatic rings. The van der Waals surface area contributed by atoms with Crippen LogP contribution in [0.3, 0.4) is 0 Å². The van der Waals surface area contributed by atoms with Gasteiger partial charge in [-0.25, -0.2) is 4.39 Å². The van der Waals surface area contributed by atoms with Gasteiger partial charge in [0.05, 0.1) is 17.1 Å². The fraction of sp³-hybridized carbons (Fsp3) is 0.462. The number of hydrogen-bond donors (Lipinski definition) is 1. The van der Waals surface area contributed by atoms with E-state index < -0.39 is 16.6 Å². The minimum Gasteiger partial charge on any atom is -0.395 e. The number of hydrogen-bond acceptors (Lipinski definition) is 4. The monoisotopic (exact) mass is 284 g/mol. The van der Waals surface area contributed by atoms with Gasteiger partial charge in [-0.2, -0.15) is 0 Å². The molecule has 0 unspecified atom stereocenters. The Morgan fingerprint density at radius 3 is 2.70 bits per heavy atom. The van der Waals surface area contributed by atoms with Crippen LogP contribution in [0.2, 0.25) is 0 Å². The Labute approximate surface area is 116 Å². The van der Waals surface area contributed by atoms with E-state index in [1.165, 1.54) is 4.90 Å². The third kappa shape index (κ3) is 3.99. The molecule has 0 saturated heterocycles. The first kappa shape index (κ1) is 16.0. The van der Waals surface area contributed by atoms with Gasteiger partial charge in [0.25, 0.3) is 11.6 Å². The minimum absolute atomic E-state index is 0.0704. The number of nitrogens with zero attached hydrogens (tertiary/aromatic N) is 2. The van der Waals surface area contributed by atoms with Crippen molar-refractivity contribution in [2.75, 3.05) is 19.7 Å². The molecule has 0 radical (unpaired) electrons. The summed E-state index contributed by atoms with van der Waals surface area (Å²) >= 11 is 0. The Kier molecular flexibility index (Phi) is 6.05. The van der Waals surface area contributed by atoms with Crippen molar-refractivity contribution in [3.63, 3.8) is 0 Å². The van der Waals surface area contributed by atoms with E-state index >= 15 is 0 Å². The summed E-state index contributed by atoms with van der Waals surface area (Å²) in [5, 5.41) is 19.6. The van der Waals surface area contributed by atoms with Crippen LogP contribution >= 0.6 is 0 Å². The molecule has 0 aliphatic heterocycles. The van der Waals surface area contributed by atoms with Crippen LogP contribution in [-0.2, 0) is 0 Å². The lowest BCUT2D eigenvalue weighted by Gasteiger charge is -2.21. The van der Waals surface area contributed by atoms with E-state index in [9.17, 15) is 19.3 Å². The smallest absolute Gasteiger partial charge is 0.270 e. The summed E-state index contributed by atoms with van der Waals surface area (Å²) in [5.74, 6) is -1.45. The van der Waals surface area contributed by atoms with Gasteiger partial charge in [-0.3, -0.25) is 14.9 Å². The summed E-state index contributed by atoms with van der Waals surface area (Å²) in [6.07, 6.45) is 1.55. The fourth-order valence-electron chi connectivity index (χ4n) is 1.75. The van der Waals surface area contributed by atoms with Crippen molar-refractivity contribution in [1.29, 1.82) is 0 Å². The Morgan fingerprint density at radius 2 is 2.15 bits per heavy atom. The van der Waals surface area contributed by atoms with Crippen molar-refractivity contribution in [1.82, 2.24) is 4.90 Å². The Morgan fingerprint density at radius 1 is 1.45 bits per heavy atom. The van der Waals surface area contributed by atoms with Gasteiger partial charge in [0.2, 0.25) is 0 Å². The molecule has 0 aliphatic carbocycles. The first-order valence-corrected chi connectivity index (χ1v) is 6.35. The van der Waals surface area contributed by atoms with Gasteiger partial charge in [0.15, 0.2) is 0 Å². The number of non-ortho nitro benzene ring substituents is 1. The molecule has 0 saturated carbocycles. The van der Waals surface area contributed by atoms with Crippen molar-refractivity contribution in [2.24, 2.45) is 0 Å². The molecule has 20 heavy (non-hydrogen) atoms. The predicted octanol–water partition coefficient (Wildman–Crippen LogP) is 1.97. The van der Waals surface area contributed by atoms with Crippen LogP contribution in [0.15, 0.2) is 18.2 Å². The molecule has 110 valence electrons. The highest BCUT2D eigenvalue weighted by Crippen LogP contribution is 2.18. The summed E-state index contributed by atoms with van der Waals surface area (Å²) < 4.78 is 13.7. The van der Waals surface area contributed by atoms with E-state index in [0.29, 0.717) is 13.0 Å². The van der Waals surface area contributed by atoms with Crippen molar-refractivity contribution in [3.8, 4) is 0 Å². The SMILES string of the molecule is CCCCN(CCO)C(=O)c1cc([N+](=O)[O-])ccc1F. The number of rotatable bonds is 7. The average molecular weight is 284 g/mol. The van der Waals surface area contributed by atoms with Gasteiger partial charge >= 0.3 is 0 Å². The van der Waals surface area contributed by atoms with Crippen LogP contribution in [0.1, 0.15) is 30.1 Å². The lowest BCUT2D eigenvalue weighted by molar-refractivity contribution is -0.384. The van der Waals surface area contributed by atoms with Crippen LogP contribution in [0.25, 0.3) is 0 Å². The third-order valence-electron chi connectivity index (χ3n) is 2.83. The molecule has 7 heteroatoms. The van der Waals surface area contributed by atoms with E-state index in [2.05, 4.69) is 0 Å². The van der Waals surface area contributed by atoms with E-state index in [1.54, 1.807) is 0 Å². The molecule has 0 heterocycles. The summed E-state index contributed by atoms with van der Waals surface area (Å²) in [6, 6.07) is 2.84. The van der Waals surface area contributed by atoms with Crippen molar-refractivity contribution in [2.45, 2.75) is 19.8 Å². The molecule has 0 spiro atoms. The average Bonchev–Trinajstić information content (AvgIpc) is 2.43. The van der Waals surface area contributed by atoms with Crippen molar-refractivity contribution in [3.05, 3.63) is 39.7 Å². The first-order valence-electron chi connectivity index (χ1n) is 6.35. The zero-order valence-electron chi connectivity index (χ0n) is 11.2. The second-order valence-corrected chi connectivity index (χ2v) is 4.29. The van der Waals surface area contributed by atoms with Crippen LogP contribution in [0.5, 0.6) is 0 Å². The zero-order valence-corrected chi connectivity index (χ0v) is 11.2. The number of nitro groups is 1. The maximum atomic E-state index is 13.7. The normalized spacial score (nSPS) is 10.3. The molecule has 0 atom stereocenters. The lowest BCUT2D eigenvalue weighted by Crippen LogP contribution is -2.35. The Bertz CT molecular complexity index is 493. The van der Waals surface area contributed by atoms with Crippen LogP contribution < -0.4 is 0 Å².